The maximum absolute atomic E-state index is 13.7. The van der Waals surface area contributed by atoms with Gasteiger partial charge in [-0.1, -0.05) is 85.0 Å². The highest BCUT2D eigenvalue weighted by molar-refractivity contribution is 6.41. The molecular weight excluding hydrogens is 777 g/mol. The van der Waals surface area contributed by atoms with E-state index >= 15 is 0 Å². The molecule has 0 aliphatic carbocycles. The fourth-order valence-corrected chi connectivity index (χ4v) is 6.39. The van der Waals surface area contributed by atoms with Crippen molar-refractivity contribution in [2.24, 2.45) is 5.92 Å². The lowest BCUT2D eigenvalue weighted by atomic mass is 9.92. The second kappa shape index (κ2) is 30.3. The van der Waals surface area contributed by atoms with E-state index in [1.54, 1.807) is 27.7 Å². The zero-order valence-electron chi connectivity index (χ0n) is 38.0. The van der Waals surface area contributed by atoms with Gasteiger partial charge in [0.2, 0.25) is 41.4 Å². The van der Waals surface area contributed by atoms with Gasteiger partial charge in [0.15, 0.2) is 0 Å². The van der Waals surface area contributed by atoms with Crippen molar-refractivity contribution < 1.29 is 53.5 Å². The first-order chi connectivity index (χ1) is 28.0. The summed E-state index contributed by atoms with van der Waals surface area (Å²) in [6.45, 7) is 14.2. The van der Waals surface area contributed by atoms with Crippen molar-refractivity contribution in [2.45, 2.75) is 188 Å². The summed E-state index contributed by atoms with van der Waals surface area (Å²) in [5, 5.41) is 42.9. The standard InChI is InChI=1S/C41H78BN7O11/c1-11-12-13-14-15-16-17-18-19-20-21-22-33(51)47-32(25-50)39(56)45-28(4)36(53)43-24-34(52)49(10)35(30(6)60-41(7,8)9)40(57)46-29(5)37(54)48-31(23-27(2)3)38(55)44-26-42(58)59/h27-32,35,50,58-59H,11-26H2,1-10H3,(H,43,53)(H,44,55)(H,45,56)(H,46,57)(H,47,51)(H,48,54)/t28-,29+,30?,31+,32-,35+/m1/s1. The van der Waals surface area contributed by atoms with Gasteiger partial charge in [-0.25, -0.2) is 0 Å². The van der Waals surface area contributed by atoms with Gasteiger partial charge < -0.3 is 56.7 Å². The van der Waals surface area contributed by atoms with Crippen LogP contribution in [0.25, 0.3) is 0 Å². The minimum Gasteiger partial charge on any atom is -0.426 e. The molecule has 0 spiro atoms. The van der Waals surface area contributed by atoms with Gasteiger partial charge in [-0.15, -0.1) is 0 Å². The molecule has 19 heteroatoms. The van der Waals surface area contributed by atoms with Crippen molar-refractivity contribution in [3.8, 4) is 0 Å². The third-order valence-corrected chi connectivity index (χ3v) is 9.62. The minimum atomic E-state index is -1.78. The Hall–Kier alpha value is -3.81. The van der Waals surface area contributed by atoms with Crippen LogP contribution >= 0.6 is 0 Å². The van der Waals surface area contributed by atoms with Gasteiger partial charge in [0.1, 0.15) is 30.2 Å². The number of unbranched alkanes of at least 4 members (excludes halogenated alkanes) is 10. The Morgan fingerprint density at radius 1 is 0.650 bits per heavy atom. The summed E-state index contributed by atoms with van der Waals surface area (Å²) < 4.78 is 6.01. The molecule has 18 nitrogen and oxygen atoms in total. The predicted octanol–water partition coefficient (Wildman–Crippen LogP) is 0.980. The van der Waals surface area contributed by atoms with Crippen LogP contribution < -0.4 is 31.9 Å². The Kier molecular flexibility index (Phi) is 28.3. The van der Waals surface area contributed by atoms with Gasteiger partial charge in [0.25, 0.3) is 0 Å². The normalized spacial score (nSPS) is 14.4. The number of nitrogens with zero attached hydrogens (tertiary/aromatic N) is 1. The number of rotatable bonds is 31. The van der Waals surface area contributed by atoms with E-state index in [1.807, 2.05) is 13.8 Å². The van der Waals surface area contributed by atoms with Crippen LogP contribution in [0.1, 0.15) is 146 Å². The molecule has 0 radical (unpaired) electrons. The molecule has 346 valence electrons. The van der Waals surface area contributed by atoms with Crippen LogP contribution in [0.2, 0.25) is 0 Å². The number of hydrogen-bond acceptors (Lipinski definition) is 11. The Labute approximate surface area is 358 Å². The second-order valence-electron chi connectivity index (χ2n) is 17.1. The molecule has 0 aliphatic heterocycles. The van der Waals surface area contributed by atoms with Crippen LogP contribution in [-0.2, 0) is 38.3 Å². The fraction of sp³-hybridized carbons (Fsp3) is 0.829. The highest BCUT2D eigenvalue weighted by Gasteiger charge is 2.37. The van der Waals surface area contributed by atoms with Crippen LogP contribution in [0.15, 0.2) is 0 Å². The highest BCUT2D eigenvalue weighted by Crippen LogP contribution is 2.17. The summed E-state index contributed by atoms with van der Waals surface area (Å²) in [6.07, 6.45) is 11.5. The largest absolute Gasteiger partial charge is 0.472 e. The maximum atomic E-state index is 13.7. The summed E-state index contributed by atoms with van der Waals surface area (Å²) in [7, 11) is -0.450. The van der Waals surface area contributed by atoms with Crippen molar-refractivity contribution in [2.75, 3.05) is 26.6 Å². The van der Waals surface area contributed by atoms with Crippen molar-refractivity contribution in [1.29, 1.82) is 0 Å². The molecule has 9 N–H and O–H groups in total. The molecule has 0 rings (SSSR count). The van der Waals surface area contributed by atoms with E-state index in [0.29, 0.717) is 6.42 Å². The monoisotopic (exact) mass is 856 g/mol. The topological polar surface area (TPSA) is 265 Å². The Bertz CT molecular complexity index is 1330. The third kappa shape index (κ3) is 25.1. The molecule has 0 saturated carbocycles. The fourth-order valence-electron chi connectivity index (χ4n) is 6.39. The number of amides is 7. The molecule has 1 unspecified atom stereocenters. The summed E-state index contributed by atoms with van der Waals surface area (Å²) in [4.78, 5) is 92.3. The summed E-state index contributed by atoms with van der Waals surface area (Å²) in [5.74, 6) is -4.74. The Morgan fingerprint density at radius 3 is 1.67 bits per heavy atom. The molecule has 0 saturated heterocycles. The van der Waals surface area contributed by atoms with Gasteiger partial charge >= 0.3 is 7.12 Å². The predicted molar refractivity (Wildman–Crippen MR) is 230 cm³/mol. The van der Waals surface area contributed by atoms with E-state index in [1.165, 1.54) is 65.8 Å². The molecule has 0 aromatic heterocycles. The molecule has 0 aliphatic rings. The molecule has 7 amide bonds. The van der Waals surface area contributed by atoms with E-state index in [2.05, 4.69) is 38.8 Å². The van der Waals surface area contributed by atoms with Gasteiger partial charge in [-0.05, 0) is 60.3 Å². The van der Waals surface area contributed by atoms with E-state index in [9.17, 15) is 38.7 Å². The lowest BCUT2D eigenvalue weighted by Gasteiger charge is -2.36. The van der Waals surface area contributed by atoms with Crippen LogP contribution in [0.3, 0.4) is 0 Å². The molecule has 0 bridgehead atoms. The van der Waals surface area contributed by atoms with E-state index in [0.717, 1.165) is 24.2 Å². The van der Waals surface area contributed by atoms with Crippen LogP contribution in [0, 0.1) is 5.92 Å². The average Bonchev–Trinajstić information content (AvgIpc) is 3.15. The first-order valence-corrected chi connectivity index (χ1v) is 21.7. The van der Waals surface area contributed by atoms with Crippen molar-refractivity contribution >= 4 is 48.5 Å². The molecular formula is C41H78BN7O11. The van der Waals surface area contributed by atoms with E-state index in [4.69, 9.17) is 14.8 Å². The zero-order chi connectivity index (χ0) is 46.0. The lowest BCUT2D eigenvalue weighted by Crippen LogP contribution is -2.60. The van der Waals surface area contributed by atoms with Gasteiger partial charge in [-0.3, -0.25) is 33.6 Å². The molecule has 0 aromatic carbocycles. The first-order valence-electron chi connectivity index (χ1n) is 21.7. The van der Waals surface area contributed by atoms with E-state index < -0.39 is 104 Å². The number of nitrogens with one attached hydrogen (secondary N) is 6. The molecule has 6 atom stereocenters. The van der Waals surface area contributed by atoms with Gasteiger partial charge in [0, 0.05) is 13.5 Å². The number of likely N-dealkylation sites (N-methyl/N-ethyl adjacent to an activating group) is 1. The Morgan fingerprint density at radius 2 is 1.17 bits per heavy atom. The molecule has 0 fully saturated rings. The number of carbonyl (C=O) groups is 7. The number of ether oxygens (including phenoxy) is 1. The zero-order valence-corrected chi connectivity index (χ0v) is 38.0. The summed E-state index contributed by atoms with van der Waals surface area (Å²) >= 11 is 0. The van der Waals surface area contributed by atoms with E-state index in [-0.39, 0.29) is 24.7 Å². The second-order valence-corrected chi connectivity index (χ2v) is 17.1. The van der Waals surface area contributed by atoms with Gasteiger partial charge in [-0.2, -0.15) is 0 Å². The smallest absolute Gasteiger partial charge is 0.426 e. The maximum Gasteiger partial charge on any atom is 0.472 e. The summed E-state index contributed by atoms with van der Waals surface area (Å²) in [6, 6.07) is -5.95. The van der Waals surface area contributed by atoms with Crippen LogP contribution in [0.5, 0.6) is 0 Å². The van der Waals surface area contributed by atoms with Crippen molar-refractivity contribution in [1.82, 2.24) is 36.8 Å². The highest BCUT2D eigenvalue weighted by atomic mass is 16.5. The average molecular weight is 856 g/mol. The molecule has 60 heavy (non-hydrogen) atoms. The number of aliphatic hydroxyl groups excluding tert-OH is 1. The summed E-state index contributed by atoms with van der Waals surface area (Å²) in [5.41, 5.74) is -0.745. The molecule has 0 heterocycles. The quantitative estimate of drug-likeness (QED) is 0.0351. The van der Waals surface area contributed by atoms with Crippen LogP contribution in [0.4, 0.5) is 0 Å². The van der Waals surface area contributed by atoms with Crippen molar-refractivity contribution in [3.05, 3.63) is 0 Å². The number of aliphatic hydroxyl groups is 1. The third-order valence-electron chi connectivity index (χ3n) is 9.62. The first kappa shape index (κ1) is 56.2. The van der Waals surface area contributed by atoms with Crippen LogP contribution in [-0.4, -0.2) is 137 Å². The lowest BCUT2D eigenvalue weighted by molar-refractivity contribution is -0.150. The van der Waals surface area contributed by atoms with Crippen molar-refractivity contribution in [3.63, 3.8) is 0 Å². The Balaban J connectivity index is 5.30. The SMILES string of the molecule is CCCCCCCCCCCCCC(=O)N[C@H](CO)C(=O)N[C@H](C)C(=O)NCC(=O)N(C)[C@H](C(=O)N[C@@H](C)C(=O)N[C@@H](CC(C)C)C(=O)NCB(O)O)C(C)OC(C)(C)C. The number of carbonyl (C=O) groups excluding carboxylic acids is 7. The minimum absolute atomic E-state index is 0.0249. The molecule has 0 aromatic rings. The van der Waals surface area contributed by atoms with Gasteiger partial charge in [0.05, 0.1) is 31.3 Å². The number of hydrogen-bond donors (Lipinski definition) is 9.